The lowest BCUT2D eigenvalue weighted by atomic mass is 10.1. The van der Waals surface area contributed by atoms with E-state index in [1.807, 2.05) is 0 Å². The van der Waals surface area contributed by atoms with Gasteiger partial charge < -0.3 is 9.47 Å². The third-order valence-electron chi connectivity index (χ3n) is 3.57. The molecule has 1 atom stereocenters. The predicted molar refractivity (Wildman–Crippen MR) is 92.5 cm³/mol. The number of hydrogen-bond acceptors (Lipinski definition) is 7. The van der Waals surface area contributed by atoms with Crippen molar-refractivity contribution in [1.82, 2.24) is 19.7 Å². The van der Waals surface area contributed by atoms with Crippen LogP contribution in [0.15, 0.2) is 42.5 Å². The van der Waals surface area contributed by atoms with Gasteiger partial charge >= 0.3 is 24.0 Å². The Balaban J connectivity index is 2.05. The van der Waals surface area contributed by atoms with Crippen molar-refractivity contribution in [2.45, 2.75) is 29.3 Å². The molecule has 170 valence electrons. The Hall–Kier alpha value is -2.84. The van der Waals surface area contributed by atoms with E-state index >= 15 is 0 Å². The van der Waals surface area contributed by atoms with E-state index in [0.29, 0.717) is 17.5 Å². The number of nitrogens with zero attached hydrogens (tertiary/aromatic N) is 4. The van der Waals surface area contributed by atoms with Gasteiger partial charge in [0.05, 0.1) is 25.3 Å². The van der Waals surface area contributed by atoms with Crippen LogP contribution in [0.4, 0.5) is 30.7 Å². The maximum Gasteiger partial charge on any atom is 0.460 e. The summed E-state index contributed by atoms with van der Waals surface area (Å²) in [5, 5.41) is 3.91. The zero-order valence-electron chi connectivity index (χ0n) is 15.4. The summed E-state index contributed by atoms with van der Waals surface area (Å²) in [6.45, 7) is 2.74. The molecule has 1 unspecified atom stereocenters. The van der Waals surface area contributed by atoms with E-state index in [2.05, 4.69) is 26.4 Å². The van der Waals surface area contributed by atoms with E-state index in [1.165, 1.54) is 36.4 Å². The fourth-order valence-corrected chi connectivity index (χ4v) is 2.61. The molecule has 7 nitrogen and oxygen atoms in total. The average molecular weight is 474 g/mol. The number of hydrogen-bond donors (Lipinski definition) is 0. The van der Waals surface area contributed by atoms with Crippen LogP contribution in [0.2, 0.25) is 0 Å². The van der Waals surface area contributed by atoms with E-state index in [9.17, 15) is 35.5 Å². The normalized spacial score (nSPS) is 13.5. The van der Waals surface area contributed by atoms with Crippen molar-refractivity contribution in [3.63, 3.8) is 0 Å². The molecule has 0 aromatic carbocycles. The van der Waals surface area contributed by atoms with E-state index in [-0.39, 0.29) is 17.1 Å². The predicted octanol–water partition coefficient (Wildman–Crippen LogP) is 3.69. The van der Waals surface area contributed by atoms with Crippen LogP contribution in [-0.4, -0.2) is 62.7 Å². The molecule has 2 rings (SSSR count). The quantitative estimate of drug-likeness (QED) is 0.180. The van der Waals surface area contributed by atoms with Crippen LogP contribution >= 0.6 is 11.8 Å². The zero-order valence-corrected chi connectivity index (χ0v) is 16.3. The highest BCUT2D eigenvalue weighted by molar-refractivity contribution is 7.99. The molecule has 0 aliphatic heterocycles. The lowest BCUT2D eigenvalue weighted by molar-refractivity contribution is -0.367. The topological polar surface area (TPSA) is 79.1 Å². The lowest BCUT2D eigenvalue weighted by Gasteiger charge is -2.32. The second-order valence-electron chi connectivity index (χ2n) is 5.65. The Bertz CT molecular complexity index is 936. The Morgan fingerprint density at radius 1 is 1.29 bits per heavy atom. The summed E-state index contributed by atoms with van der Waals surface area (Å²) >= 11 is 0.568. The van der Waals surface area contributed by atoms with Gasteiger partial charge in [0, 0.05) is 12.3 Å². The van der Waals surface area contributed by atoms with Crippen LogP contribution in [0.3, 0.4) is 0 Å². The summed E-state index contributed by atoms with van der Waals surface area (Å²) in [6, 6.07) is 1.45. The second kappa shape index (κ2) is 9.11. The van der Waals surface area contributed by atoms with Crippen molar-refractivity contribution in [1.29, 1.82) is 0 Å². The molecule has 2 aromatic heterocycles. The van der Waals surface area contributed by atoms with E-state index in [4.69, 9.17) is 4.74 Å². The first-order valence-corrected chi connectivity index (χ1v) is 9.01. The van der Waals surface area contributed by atoms with Crippen molar-refractivity contribution in [2.75, 3.05) is 12.9 Å². The number of rotatable bonds is 9. The molecule has 15 heteroatoms. The minimum Gasteiger partial charge on any atom is -0.493 e. The van der Waals surface area contributed by atoms with E-state index in [1.54, 1.807) is 0 Å². The molecule has 2 heterocycles. The van der Waals surface area contributed by atoms with Crippen LogP contribution in [0.5, 0.6) is 5.75 Å². The number of methoxy groups -OCH3 is 1. The Morgan fingerprint density at radius 2 is 1.97 bits per heavy atom. The van der Waals surface area contributed by atoms with Gasteiger partial charge in [-0.2, -0.15) is 35.8 Å². The number of aromatic nitrogens is 4. The number of thioether (sulfide) groups is 1. The number of carbonyl (C=O) groups is 1. The van der Waals surface area contributed by atoms with Gasteiger partial charge in [-0.05, 0) is 6.08 Å². The molecule has 2 aromatic rings. The largest absolute Gasteiger partial charge is 0.493 e. The molecule has 0 aliphatic carbocycles. The van der Waals surface area contributed by atoms with Gasteiger partial charge in [-0.15, -0.1) is 0 Å². The summed E-state index contributed by atoms with van der Waals surface area (Å²) in [6.07, 6.45) is -5.65. The number of ether oxygens (including phenoxy) is 2. The van der Waals surface area contributed by atoms with Gasteiger partial charge in [-0.25, -0.2) is 14.6 Å². The number of carbonyl (C=O) groups excluding carboxylic acids is 1. The summed E-state index contributed by atoms with van der Waals surface area (Å²) in [5.74, 6) is -13.8. The minimum atomic E-state index is -6.57. The Morgan fingerprint density at radius 3 is 2.52 bits per heavy atom. The van der Waals surface area contributed by atoms with Crippen LogP contribution in [0.1, 0.15) is 0 Å². The van der Waals surface area contributed by atoms with Crippen molar-refractivity contribution in [3.05, 3.63) is 37.3 Å². The third-order valence-corrected chi connectivity index (χ3v) is 4.41. The monoisotopic (exact) mass is 474 g/mol. The molecule has 0 saturated carbocycles. The second-order valence-corrected chi connectivity index (χ2v) is 6.59. The smallest absolute Gasteiger partial charge is 0.460 e. The standard InChI is InChI=1S/C16H13F7N4O3S/c1-3-10(14(17,18)15(19,20)16(21,22)23)30-12(28)8-31-13-24-5-4-11(26-13)27-7-9(29-2)6-25-27/h3-7,10H,1,8H2,2H3. The Kier molecular flexibility index (Phi) is 7.18. The highest BCUT2D eigenvalue weighted by Crippen LogP contribution is 2.48. The molecule has 0 amide bonds. The number of halogens is 7. The van der Waals surface area contributed by atoms with E-state index < -0.39 is 35.8 Å². The van der Waals surface area contributed by atoms with Crippen molar-refractivity contribution in [3.8, 4) is 11.6 Å². The number of esters is 1. The van der Waals surface area contributed by atoms with Gasteiger partial charge in [0.1, 0.15) is 0 Å². The first-order chi connectivity index (χ1) is 14.3. The fraction of sp³-hybridized carbons (Fsp3) is 0.375. The fourth-order valence-electron chi connectivity index (χ4n) is 2.00. The minimum absolute atomic E-state index is 0.00949. The first kappa shape index (κ1) is 24.4. The van der Waals surface area contributed by atoms with Gasteiger partial charge in [0.2, 0.25) is 0 Å². The molecule has 31 heavy (non-hydrogen) atoms. The summed E-state index contributed by atoms with van der Waals surface area (Å²) < 4.78 is 101. The lowest BCUT2D eigenvalue weighted by Crippen LogP contribution is -2.58. The van der Waals surface area contributed by atoms with Gasteiger partial charge in [0.25, 0.3) is 0 Å². The van der Waals surface area contributed by atoms with Crippen LogP contribution in [-0.2, 0) is 9.53 Å². The molecule has 0 fully saturated rings. The highest BCUT2D eigenvalue weighted by atomic mass is 32.2. The summed E-state index contributed by atoms with van der Waals surface area (Å²) in [5.41, 5.74) is 0. The highest BCUT2D eigenvalue weighted by Gasteiger charge is 2.76. The van der Waals surface area contributed by atoms with Gasteiger partial charge in [-0.1, -0.05) is 18.3 Å². The summed E-state index contributed by atoms with van der Waals surface area (Å²) in [4.78, 5) is 19.6. The molecule has 0 N–H and O–H groups in total. The molecule has 0 bridgehead atoms. The molecular formula is C16H13F7N4O3S. The average Bonchev–Trinajstić information content (AvgIpc) is 3.19. The Labute approximate surface area is 174 Å². The molecule has 0 radical (unpaired) electrons. The maximum absolute atomic E-state index is 13.7. The van der Waals surface area contributed by atoms with Crippen molar-refractivity contribution < 1.29 is 45.0 Å². The molecule has 0 saturated heterocycles. The molecule has 0 aliphatic rings. The SMILES string of the molecule is C=CC(OC(=O)CSc1nccc(-n2cc(OC)cn2)n1)C(F)(F)C(F)(F)C(F)(F)F. The van der Waals surface area contributed by atoms with Crippen LogP contribution in [0.25, 0.3) is 5.82 Å². The number of alkyl halides is 7. The van der Waals surface area contributed by atoms with Crippen molar-refractivity contribution in [2.24, 2.45) is 0 Å². The maximum atomic E-state index is 13.7. The van der Waals surface area contributed by atoms with Gasteiger partial charge in [0.15, 0.2) is 22.8 Å². The molecular weight excluding hydrogens is 461 g/mol. The zero-order chi connectivity index (χ0) is 23.4. The third kappa shape index (κ3) is 5.26. The van der Waals surface area contributed by atoms with Crippen LogP contribution < -0.4 is 4.74 Å². The van der Waals surface area contributed by atoms with Gasteiger partial charge in [-0.3, -0.25) is 4.79 Å². The van der Waals surface area contributed by atoms with Crippen LogP contribution in [0, 0.1) is 0 Å². The molecule has 0 spiro atoms. The van der Waals surface area contributed by atoms with E-state index in [0.717, 1.165) is 0 Å². The van der Waals surface area contributed by atoms with Crippen molar-refractivity contribution >= 4 is 17.7 Å². The summed E-state index contributed by atoms with van der Waals surface area (Å²) in [7, 11) is 1.42. The first-order valence-electron chi connectivity index (χ1n) is 8.02.